The van der Waals surface area contributed by atoms with Gasteiger partial charge >= 0.3 is 0 Å². The number of piperidine rings is 1. The van der Waals surface area contributed by atoms with Crippen molar-refractivity contribution >= 4 is 22.8 Å². The van der Waals surface area contributed by atoms with Crippen molar-refractivity contribution in [1.82, 2.24) is 14.3 Å². The van der Waals surface area contributed by atoms with E-state index in [0.717, 1.165) is 43.7 Å². The summed E-state index contributed by atoms with van der Waals surface area (Å²) in [7, 11) is 0. The van der Waals surface area contributed by atoms with Gasteiger partial charge in [-0.05, 0) is 61.6 Å². The number of hydrogen-bond donors (Lipinski definition) is 0. The van der Waals surface area contributed by atoms with Crippen LogP contribution in [0.15, 0.2) is 41.9 Å². The highest BCUT2D eigenvalue weighted by atomic mass is 32.1. The molecule has 2 fully saturated rings. The van der Waals surface area contributed by atoms with Crippen LogP contribution in [0.2, 0.25) is 0 Å². The first-order chi connectivity index (χ1) is 12.8. The minimum absolute atomic E-state index is 0.107. The van der Waals surface area contributed by atoms with Gasteiger partial charge in [-0.2, -0.15) is 0 Å². The quantitative estimate of drug-likeness (QED) is 0.688. The van der Waals surface area contributed by atoms with E-state index in [9.17, 15) is 4.79 Å². The smallest absolute Gasteiger partial charge is 0.274 e. The van der Waals surface area contributed by atoms with Gasteiger partial charge in [-0.1, -0.05) is 12.1 Å². The molecule has 3 aromatic rings. The van der Waals surface area contributed by atoms with Crippen LogP contribution in [-0.2, 0) is 6.42 Å². The van der Waals surface area contributed by atoms with Gasteiger partial charge in [-0.3, -0.25) is 4.79 Å². The minimum atomic E-state index is 0.107. The Balaban J connectivity index is 1.32. The summed E-state index contributed by atoms with van der Waals surface area (Å²) < 4.78 is 2.12. The number of fused-ring (bicyclic) bond motifs is 1. The van der Waals surface area contributed by atoms with E-state index >= 15 is 0 Å². The molecule has 1 saturated heterocycles. The first-order valence-corrected chi connectivity index (χ1v) is 10.5. The van der Waals surface area contributed by atoms with E-state index in [1.807, 2.05) is 40.6 Å². The predicted molar refractivity (Wildman–Crippen MR) is 104 cm³/mol. The second-order valence-corrected chi connectivity index (χ2v) is 8.60. The molecule has 26 heavy (non-hydrogen) atoms. The van der Waals surface area contributed by atoms with Crippen LogP contribution < -0.4 is 0 Å². The molecule has 0 unspecified atom stereocenters. The van der Waals surface area contributed by atoms with Crippen LogP contribution in [0, 0.1) is 5.92 Å². The van der Waals surface area contributed by atoms with Gasteiger partial charge in [0.25, 0.3) is 5.91 Å². The van der Waals surface area contributed by atoms with Gasteiger partial charge in [-0.25, -0.2) is 4.98 Å². The molecule has 5 rings (SSSR count). The zero-order chi connectivity index (χ0) is 17.5. The number of amides is 1. The van der Waals surface area contributed by atoms with E-state index in [4.69, 9.17) is 4.98 Å². The van der Waals surface area contributed by atoms with Crippen molar-refractivity contribution in [1.29, 1.82) is 0 Å². The molecule has 4 heterocycles. The molecule has 0 bridgehead atoms. The van der Waals surface area contributed by atoms with Crippen LogP contribution >= 0.6 is 11.3 Å². The van der Waals surface area contributed by atoms with Gasteiger partial charge in [0.1, 0.15) is 5.82 Å². The summed E-state index contributed by atoms with van der Waals surface area (Å²) in [6.45, 7) is 1.69. The van der Waals surface area contributed by atoms with Crippen LogP contribution in [0.1, 0.15) is 52.8 Å². The highest BCUT2D eigenvalue weighted by Gasteiger charge is 2.32. The van der Waals surface area contributed by atoms with Gasteiger partial charge < -0.3 is 9.30 Å². The van der Waals surface area contributed by atoms with Crippen LogP contribution in [-0.4, -0.2) is 33.3 Å². The van der Waals surface area contributed by atoms with Crippen LogP contribution in [0.25, 0.3) is 5.52 Å². The third-order valence-corrected chi connectivity index (χ3v) is 6.59. The molecule has 134 valence electrons. The van der Waals surface area contributed by atoms with Crippen LogP contribution in [0.3, 0.4) is 0 Å². The Morgan fingerprint density at radius 3 is 2.69 bits per heavy atom. The Morgan fingerprint density at radius 1 is 1.12 bits per heavy atom. The second kappa shape index (κ2) is 6.54. The van der Waals surface area contributed by atoms with Crippen molar-refractivity contribution in [2.75, 3.05) is 13.1 Å². The average molecular weight is 366 g/mol. The molecule has 4 nitrogen and oxygen atoms in total. The average Bonchev–Trinajstić information content (AvgIpc) is 3.25. The van der Waals surface area contributed by atoms with Gasteiger partial charge in [0.2, 0.25) is 0 Å². The van der Waals surface area contributed by atoms with E-state index in [1.54, 1.807) is 0 Å². The molecule has 5 heteroatoms. The lowest BCUT2D eigenvalue weighted by atomic mass is 9.93. The molecular formula is C21H23N3OS. The normalized spacial score (nSPS) is 18.5. The maximum atomic E-state index is 13.1. The SMILES string of the molecule is O=C(c1nc(C2CC2)n2ccccc12)N1CCC(Cc2cccs2)CC1. The standard InChI is InChI=1S/C21H23N3OS/c25-21(23-11-8-15(9-12-23)14-17-4-3-13-26-17)19-18-5-1-2-10-24(18)20(22-19)16-6-7-16/h1-5,10,13,15-16H,6-9,11-12,14H2. The van der Waals surface area contributed by atoms with Crippen molar-refractivity contribution in [2.45, 2.75) is 38.0 Å². The van der Waals surface area contributed by atoms with E-state index in [0.29, 0.717) is 17.5 Å². The van der Waals surface area contributed by atoms with Crippen molar-refractivity contribution in [3.05, 3.63) is 58.3 Å². The molecular weight excluding hydrogens is 342 g/mol. The number of imidazole rings is 1. The Morgan fingerprint density at radius 2 is 1.96 bits per heavy atom. The van der Waals surface area contributed by atoms with Crippen LogP contribution in [0.5, 0.6) is 0 Å². The lowest BCUT2D eigenvalue weighted by molar-refractivity contribution is 0.0687. The number of nitrogens with zero attached hydrogens (tertiary/aromatic N) is 3. The summed E-state index contributed by atoms with van der Waals surface area (Å²) in [6.07, 6.45) is 7.75. The third kappa shape index (κ3) is 2.94. The first kappa shape index (κ1) is 16.1. The molecule has 1 aliphatic carbocycles. The minimum Gasteiger partial charge on any atom is -0.337 e. The van der Waals surface area contributed by atoms with Crippen molar-refractivity contribution < 1.29 is 4.79 Å². The molecule has 2 aliphatic rings. The maximum Gasteiger partial charge on any atom is 0.274 e. The number of pyridine rings is 1. The van der Waals surface area contributed by atoms with E-state index in [-0.39, 0.29) is 5.91 Å². The highest BCUT2D eigenvalue weighted by molar-refractivity contribution is 7.09. The van der Waals surface area contributed by atoms with E-state index < -0.39 is 0 Å². The lowest BCUT2D eigenvalue weighted by Gasteiger charge is -2.31. The van der Waals surface area contributed by atoms with Crippen LogP contribution in [0.4, 0.5) is 0 Å². The fraction of sp³-hybridized carbons (Fsp3) is 0.429. The van der Waals surface area contributed by atoms with Gasteiger partial charge in [0.15, 0.2) is 5.69 Å². The number of carbonyl (C=O) groups excluding carboxylic acids is 1. The summed E-state index contributed by atoms with van der Waals surface area (Å²) in [5.41, 5.74) is 1.60. The Kier molecular flexibility index (Phi) is 4.04. The fourth-order valence-electron chi connectivity index (χ4n) is 4.05. The third-order valence-electron chi connectivity index (χ3n) is 5.69. The summed E-state index contributed by atoms with van der Waals surface area (Å²) >= 11 is 1.84. The van der Waals surface area contributed by atoms with Gasteiger partial charge in [-0.15, -0.1) is 11.3 Å². The fourth-order valence-corrected chi connectivity index (χ4v) is 4.87. The maximum absolute atomic E-state index is 13.1. The van der Waals surface area contributed by atoms with Gasteiger partial charge in [0.05, 0.1) is 5.52 Å². The summed E-state index contributed by atoms with van der Waals surface area (Å²) in [6, 6.07) is 10.4. The zero-order valence-corrected chi connectivity index (χ0v) is 15.6. The highest BCUT2D eigenvalue weighted by Crippen LogP contribution is 2.40. The molecule has 3 aromatic heterocycles. The molecule has 0 N–H and O–H groups in total. The number of hydrogen-bond acceptors (Lipinski definition) is 3. The number of rotatable bonds is 4. The molecule has 1 aliphatic heterocycles. The Bertz CT molecular complexity index is 918. The summed E-state index contributed by atoms with van der Waals surface area (Å²) in [5.74, 6) is 2.40. The molecule has 0 atom stereocenters. The number of carbonyl (C=O) groups is 1. The summed E-state index contributed by atoms with van der Waals surface area (Å²) in [4.78, 5) is 21.4. The zero-order valence-electron chi connectivity index (χ0n) is 14.8. The van der Waals surface area contributed by atoms with Crippen molar-refractivity contribution in [2.24, 2.45) is 5.92 Å². The monoisotopic (exact) mass is 365 g/mol. The molecule has 0 aromatic carbocycles. The molecule has 1 saturated carbocycles. The molecule has 0 radical (unpaired) electrons. The molecule has 0 spiro atoms. The largest absolute Gasteiger partial charge is 0.337 e. The number of likely N-dealkylation sites (tertiary alicyclic amines) is 1. The van der Waals surface area contributed by atoms with Crippen molar-refractivity contribution in [3.8, 4) is 0 Å². The Labute approximate surface area is 157 Å². The second-order valence-electron chi connectivity index (χ2n) is 7.57. The number of thiophene rings is 1. The van der Waals surface area contributed by atoms with E-state index in [2.05, 4.69) is 21.9 Å². The Hall–Kier alpha value is -2.14. The predicted octanol–water partition coefficient (Wildman–Crippen LogP) is 4.37. The van der Waals surface area contributed by atoms with Crippen molar-refractivity contribution in [3.63, 3.8) is 0 Å². The molecule has 1 amide bonds. The first-order valence-electron chi connectivity index (χ1n) is 9.58. The summed E-state index contributed by atoms with van der Waals surface area (Å²) in [5, 5.41) is 2.15. The van der Waals surface area contributed by atoms with E-state index in [1.165, 1.54) is 17.7 Å². The van der Waals surface area contributed by atoms with Gasteiger partial charge in [0, 0.05) is 30.1 Å². The topological polar surface area (TPSA) is 37.6 Å². The number of aromatic nitrogens is 2. The lowest BCUT2D eigenvalue weighted by Crippen LogP contribution is -2.39.